The molecule has 1 aromatic rings. The number of hydrogen-bond acceptors (Lipinski definition) is 2. The summed E-state index contributed by atoms with van der Waals surface area (Å²) in [4.78, 5) is 2.39. The van der Waals surface area contributed by atoms with Crippen LogP contribution in [0.5, 0.6) is 0 Å². The van der Waals surface area contributed by atoms with E-state index in [1.165, 1.54) is 18.4 Å². The van der Waals surface area contributed by atoms with E-state index in [4.69, 9.17) is 5.73 Å². The molecule has 0 aliphatic heterocycles. The van der Waals surface area contributed by atoms with Crippen molar-refractivity contribution < 1.29 is 0 Å². The number of halogens is 1. The van der Waals surface area contributed by atoms with Crippen LogP contribution in [0.25, 0.3) is 0 Å². The predicted molar refractivity (Wildman–Crippen MR) is 87.2 cm³/mol. The van der Waals surface area contributed by atoms with Gasteiger partial charge in [-0.05, 0) is 62.5 Å². The summed E-state index contributed by atoms with van der Waals surface area (Å²) in [7, 11) is 2.19. The van der Waals surface area contributed by atoms with Crippen molar-refractivity contribution in [1.82, 2.24) is 4.90 Å². The van der Waals surface area contributed by atoms with Crippen LogP contribution in [-0.2, 0) is 6.54 Å². The normalized spacial score (nSPS) is 12.1. The van der Waals surface area contributed by atoms with E-state index >= 15 is 0 Å². The van der Waals surface area contributed by atoms with Crippen LogP contribution in [-0.4, -0.2) is 25.0 Å². The lowest BCUT2D eigenvalue weighted by Gasteiger charge is -2.25. The molecule has 0 fully saturated rings. The molecule has 0 atom stereocenters. The SMILES string of the molecule is CN(CCCC(C)(C)CCN)Cc1cccc(Br)c1. The van der Waals surface area contributed by atoms with Crippen LogP contribution in [0.3, 0.4) is 0 Å². The number of hydrogen-bond donors (Lipinski definition) is 1. The first kappa shape index (κ1) is 16.7. The number of rotatable bonds is 8. The molecule has 0 saturated carbocycles. The Morgan fingerprint density at radius 2 is 2.00 bits per heavy atom. The summed E-state index contributed by atoms with van der Waals surface area (Å²) in [6.07, 6.45) is 3.59. The summed E-state index contributed by atoms with van der Waals surface area (Å²) >= 11 is 3.52. The molecular weight excluding hydrogens is 300 g/mol. The van der Waals surface area contributed by atoms with E-state index in [2.05, 4.69) is 66.0 Å². The Kier molecular flexibility index (Phi) is 7.05. The molecule has 0 bridgehead atoms. The molecule has 0 spiro atoms. The first-order valence-electron chi connectivity index (χ1n) is 7.06. The quantitative estimate of drug-likeness (QED) is 0.781. The Morgan fingerprint density at radius 1 is 1.26 bits per heavy atom. The van der Waals surface area contributed by atoms with Gasteiger partial charge in [-0.25, -0.2) is 0 Å². The summed E-state index contributed by atoms with van der Waals surface area (Å²) in [5, 5.41) is 0. The van der Waals surface area contributed by atoms with E-state index in [1.807, 2.05) is 0 Å². The molecule has 1 aromatic carbocycles. The van der Waals surface area contributed by atoms with Crippen molar-refractivity contribution in [2.45, 2.75) is 39.7 Å². The van der Waals surface area contributed by atoms with Gasteiger partial charge >= 0.3 is 0 Å². The Bertz CT molecular complexity index is 377. The molecule has 3 heteroatoms. The van der Waals surface area contributed by atoms with Gasteiger partial charge < -0.3 is 10.6 Å². The van der Waals surface area contributed by atoms with E-state index < -0.39 is 0 Å². The molecule has 108 valence electrons. The van der Waals surface area contributed by atoms with Crippen molar-refractivity contribution in [3.63, 3.8) is 0 Å². The van der Waals surface area contributed by atoms with Gasteiger partial charge in [0.15, 0.2) is 0 Å². The molecule has 1 rings (SSSR count). The lowest BCUT2D eigenvalue weighted by atomic mass is 9.84. The van der Waals surface area contributed by atoms with Crippen LogP contribution in [0.4, 0.5) is 0 Å². The zero-order chi connectivity index (χ0) is 14.3. The highest BCUT2D eigenvalue weighted by atomic mass is 79.9. The van der Waals surface area contributed by atoms with Gasteiger partial charge in [0.2, 0.25) is 0 Å². The second-order valence-corrected chi connectivity index (χ2v) is 7.09. The molecule has 0 heterocycles. The van der Waals surface area contributed by atoms with Crippen molar-refractivity contribution in [2.75, 3.05) is 20.1 Å². The standard InChI is InChI=1S/C16H27BrN2/c1-16(2,9-10-18)8-5-11-19(3)13-14-6-4-7-15(17)12-14/h4,6-7,12H,5,8-11,13,18H2,1-3H3. The molecule has 0 unspecified atom stereocenters. The van der Waals surface area contributed by atoms with Gasteiger partial charge in [-0.3, -0.25) is 0 Å². The Hall–Kier alpha value is -0.380. The lowest BCUT2D eigenvalue weighted by molar-refractivity contribution is 0.259. The average molecular weight is 327 g/mol. The Labute approximate surface area is 126 Å². The maximum Gasteiger partial charge on any atom is 0.0231 e. The van der Waals surface area contributed by atoms with E-state index in [-0.39, 0.29) is 0 Å². The van der Waals surface area contributed by atoms with E-state index in [0.717, 1.165) is 30.5 Å². The predicted octanol–water partition coefficient (Wildman–Crippen LogP) is 4.04. The van der Waals surface area contributed by atoms with Gasteiger partial charge in [0, 0.05) is 11.0 Å². The van der Waals surface area contributed by atoms with Crippen LogP contribution in [0.2, 0.25) is 0 Å². The second kappa shape index (κ2) is 8.03. The van der Waals surface area contributed by atoms with Gasteiger partial charge in [0.1, 0.15) is 0 Å². The first-order valence-corrected chi connectivity index (χ1v) is 7.85. The van der Waals surface area contributed by atoms with Gasteiger partial charge in [-0.2, -0.15) is 0 Å². The van der Waals surface area contributed by atoms with Gasteiger partial charge in [-0.1, -0.05) is 41.9 Å². The smallest absolute Gasteiger partial charge is 0.0231 e. The molecule has 19 heavy (non-hydrogen) atoms. The zero-order valence-corrected chi connectivity index (χ0v) is 14.0. The third-order valence-electron chi connectivity index (χ3n) is 3.56. The highest BCUT2D eigenvalue weighted by molar-refractivity contribution is 9.10. The van der Waals surface area contributed by atoms with Crippen molar-refractivity contribution >= 4 is 15.9 Å². The minimum Gasteiger partial charge on any atom is -0.330 e. The fourth-order valence-corrected chi connectivity index (χ4v) is 2.82. The Balaban J connectivity index is 2.30. The largest absolute Gasteiger partial charge is 0.330 e. The van der Waals surface area contributed by atoms with Gasteiger partial charge in [0.25, 0.3) is 0 Å². The fourth-order valence-electron chi connectivity index (χ4n) is 2.37. The van der Waals surface area contributed by atoms with Crippen molar-refractivity contribution in [2.24, 2.45) is 11.1 Å². The molecule has 2 nitrogen and oxygen atoms in total. The first-order chi connectivity index (χ1) is 8.93. The monoisotopic (exact) mass is 326 g/mol. The fraction of sp³-hybridized carbons (Fsp3) is 0.625. The molecule has 0 saturated heterocycles. The van der Waals surface area contributed by atoms with Gasteiger partial charge in [0.05, 0.1) is 0 Å². The van der Waals surface area contributed by atoms with E-state index in [0.29, 0.717) is 5.41 Å². The van der Waals surface area contributed by atoms with Crippen LogP contribution in [0, 0.1) is 5.41 Å². The second-order valence-electron chi connectivity index (χ2n) is 6.17. The van der Waals surface area contributed by atoms with Crippen molar-refractivity contribution in [3.8, 4) is 0 Å². The number of nitrogens with two attached hydrogens (primary N) is 1. The average Bonchev–Trinajstić information content (AvgIpc) is 2.28. The van der Waals surface area contributed by atoms with Crippen molar-refractivity contribution in [3.05, 3.63) is 34.3 Å². The molecule has 2 N–H and O–H groups in total. The summed E-state index contributed by atoms with van der Waals surface area (Å²) < 4.78 is 1.16. The van der Waals surface area contributed by atoms with Crippen LogP contribution in [0.15, 0.2) is 28.7 Å². The molecule has 0 aliphatic rings. The molecule has 0 aliphatic carbocycles. The molecule has 0 amide bonds. The lowest BCUT2D eigenvalue weighted by Crippen LogP contribution is -2.22. The topological polar surface area (TPSA) is 29.3 Å². The Morgan fingerprint density at radius 3 is 2.63 bits per heavy atom. The van der Waals surface area contributed by atoms with Crippen LogP contribution in [0.1, 0.15) is 38.7 Å². The van der Waals surface area contributed by atoms with Crippen LogP contribution < -0.4 is 5.73 Å². The molecule has 0 radical (unpaired) electrons. The van der Waals surface area contributed by atoms with Gasteiger partial charge in [-0.15, -0.1) is 0 Å². The van der Waals surface area contributed by atoms with E-state index in [9.17, 15) is 0 Å². The summed E-state index contributed by atoms with van der Waals surface area (Å²) in [5.41, 5.74) is 7.39. The number of benzene rings is 1. The third kappa shape index (κ3) is 7.09. The van der Waals surface area contributed by atoms with E-state index in [1.54, 1.807) is 0 Å². The van der Waals surface area contributed by atoms with Crippen molar-refractivity contribution in [1.29, 1.82) is 0 Å². The van der Waals surface area contributed by atoms with Crippen LogP contribution >= 0.6 is 15.9 Å². The summed E-state index contributed by atoms with van der Waals surface area (Å²) in [5.74, 6) is 0. The minimum atomic E-state index is 0.380. The third-order valence-corrected chi connectivity index (χ3v) is 4.05. The molecule has 0 aromatic heterocycles. The highest BCUT2D eigenvalue weighted by Gasteiger charge is 2.16. The maximum absolute atomic E-state index is 5.65. The minimum absolute atomic E-state index is 0.380. The molecular formula is C16H27BrN2. The summed E-state index contributed by atoms with van der Waals surface area (Å²) in [6, 6.07) is 8.53. The highest BCUT2D eigenvalue weighted by Crippen LogP contribution is 2.26. The maximum atomic E-state index is 5.65. The summed E-state index contributed by atoms with van der Waals surface area (Å²) in [6.45, 7) is 7.57. The zero-order valence-electron chi connectivity index (χ0n) is 12.5. The number of nitrogens with zero attached hydrogens (tertiary/aromatic N) is 1.